The standard InChI is InChI=1S/C10H8O6S2.2C2H6/c11-17(12,13)9-5-1-3-7-8(9)4-2-6-10(7)18(14,15)16;2*1-2/h1-6H,(H,11,12,13)(H,14,15,16);2*1-2H3. The lowest BCUT2D eigenvalue weighted by Crippen LogP contribution is -2.02. The highest BCUT2D eigenvalue weighted by molar-refractivity contribution is 7.86. The second-order valence-corrected chi connectivity index (χ2v) is 6.34. The average molecular weight is 348 g/mol. The molecule has 0 aliphatic carbocycles. The summed E-state index contributed by atoms with van der Waals surface area (Å²) in [6, 6.07) is 7.53. The Morgan fingerprint density at radius 2 is 0.909 bits per heavy atom. The maximum Gasteiger partial charge on any atom is 0.295 e. The molecule has 0 bridgehead atoms. The zero-order valence-electron chi connectivity index (χ0n) is 12.8. The first kappa shape index (κ1) is 20.5. The minimum Gasteiger partial charge on any atom is -0.282 e. The quantitative estimate of drug-likeness (QED) is 0.805. The summed E-state index contributed by atoms with van der Waals surface area (Å²) in [6.07, 6.45) is 0. The molecule has 124 valence electrons. The molecule has 0 unspecified atom stereocenters. The van der Waals surface area contributed by atoms with Crippen molar-refractivity contribution in [2.75, 3.05) is 0 Å². The summed E-state index contributed by atoms with van der Waals surface area (Å²) in [6.45, 7) is 8.00. The topological polar surface area (TPSA) is 109 Å². The molecule has 0 heterocycles. The monoisotopic (exact) mass is 348 g/mol. The molecule has 0 atom stereocenters. The maximum atomic E-state index is 11.2. The Bertz CT molecular complexity index is 752. The van der Waals surface area contributed by atoms with Crippen molar-refractivity contribution in [3.8, 4) is 0 Å². The van der Waals surface area contributed by atoms with Gasteiger partial charge in [-0.25, -0.2) is 0 Å². The SMILES string of the molecule is CC.CC.O=S(=O)(O)c1cccc2c(S(=O)(=O)O)cccc12. The van der Waals surface area contributed by atoms with Gasteiger partial charge in [0.15, 0.2) is 0 Å². The van der Waals surface area contributed by atoms with E-state index in [0.29, 0.717) is 0 Å². The maximum absolute atomic E-state index is 11.2. The van der Waals surface area contributed by atoms with Crippen LogP contribution in [0.15, 0.2) is 46.2 Å². The second-order valence-electron chi connectivity index (χ2n) is 3.56. The molecule has 0 aliphatic heterocycles. The molecule has 0 saturated carbocycles. The van der Waals surface area contributed by atoms with Gasteiger partial charge in [0.25, 0.3) is 20.2 Å². The van der Waals surface area contributed by atoms with Crippen LogP contribution in [0.5, 0.6) is 0 Å². The fourth-order valence-corrected chi connectivity index (χ4v) is 3.12. The summed E-state index contributed by atoms with van der Waals surface area (Å²) in [5, 5.41) is 0.0465. The van der Waals surface area contributed by atoms with Crippen molar-refractivity contribution in [1.82, 2.24) is 0 Å². The molecule has 0 spiro atoms. The normalized spacial score (nSPS) is 11.0. The third-order valence-corrected chi connectivity index (χ3v) is 4.22. The summed E-state index contributed by atoms with van der Waals surface area (Å²) >= 11 is 0. The van der Waals surface area contributed by atoms with Gasteiger partial charge >= 0.3 is 0 Å². The van der Waals surface area contributed by atoms with Crippen LogP contribution in [-0.2, 0) is 20.2 Å². The highest BCUT2D eigenvalue weighted by Crippen LogP contribution is 2.27. The van der Waals surface area contributed by atoms with Crippen molar-refractivity contribution >= 4 is 31.0 Å². The summed E-state index contributed by atoms with van der Waals surface area (Å²) in [5.41, 5.74) is 0. The first-order valence-corrected chi connectivity index (χ1v) is 9.56. The van der Waals surface area contributed by atoms with Gasteiger partial charge in [-0.1, -0.05) is 52.0 Å². The summed E-state index contributed by atoms with van der Waals surface area (Å²) < 4.78 is 62.7. The smallest absolute Gasteiger partial charge is 0.282 e. The lowest BCUT2D eigenvalue weighted by Gasteiger charge is -2.06. The van der Waals surface area contributed by atoms with Crippen molar-refractivity contribution in [2.45, 2.75) is 37.5 Å². The minimum atomic E-state index is -4.47. The van der Waals surface area contributed by atoms with E-state index in [1.807, 2.05) is 27.7 Å². The Hall–Kier alpha value is -1.48. The van der Waals surface area contributed by atoms with Crippen LogP contribution in [0.1, 0.15) is 27.7 Å². The predicted octanol–water partition coefficient (Wildman–Crippen LogP) is 3.39. The number of fused-ring (bicyclic) bond motifs is 1. The van der Waals surface area contributed by atoms with Gasteiger partial charge in [0.1, 0.15) is 9.79 Å². The van der Waals surface area contributed by atoms with E-state index in [1.54, 1.807) is 0 Å². The van der Waals surface area contributed by atoms with Gasteiger partial charge in [0, 0.05) is 10.8 Å². The molecular formula is C14H20O6S2. The van der Waals surface area contributed by atoms with E-state index in [4.69, 9.17) is 9.11 Å². The Balaban J connectivity index is 0.00000102. The van der Waals surface area contributed by atoms with Crippen molar-refractivity contribution in [3.05, 3.63) is 36.4 Å². The first-order valence-electron chi connectivity index (χ1n) is 6.68. The van der Waals surface area contributed by atoms with Crippen LogP contribution in [0, 0.1) is 0 Å². The Kier molecular flexibility index (Phi) is 7.68. The zero-order chi connectivity index (χ0) is 17.6. The minimum absolute atomic E-state index is 0.0233. The van der Waals surface area contributed by atoms with Crippen LogP contribution in [0.3, 0.4) is 0 Å². The highest BCUT2D eigenvalue weighted by Gasteiger charge is 2.18. The zero-order valence-corrected chi connectivity index (χ0v) is 14.4. The molecule has 22 heavy (non-hydrogen) atoms. The van der Waals surface area contributed by atoms with Crippen molar-refractivity contribution in [1.29, 1.82) is 0 Å². The molecule has 6 nitrogen and oxygen atoms in total. The van der Waals surface area contributed by atoms with Gasteiger partial charge in [-0.05, 0) is 12.1 Å². The molecule has 2 aromatic carbocycles. The second kappa shape index (κ2) is 8.23. The molecule has 0 saturated heterocycles. The fraction of sp³-hybridized carbons (Fsp3) is 0.286. The van der Waals surface area contributed by atoms with E-state index in [2.05, 4.69) is 0 Å². The molecule has 0 aromatic heterocycles. The molecule has 8 heteroatoms. The molecule has 2 rings (SSSR count). The number of rotatable bonds is 2. The van der Waals surface area contributed by atoms with Crippen molar-refractivity contribution < 1.29 is 25.9 Å². The van der Waals surface area contributed by atoms with E-state index in [9.17, 15) is 16.8 Å². The average Bonchev–Trinajstić information content (AvgIpc) is 2.48. The Labute approximate surface area is 131 Å². The predicted molar refractivity (Wildman–Crippen MR) is 86.3 cm³/mol. The largest absolute Gasteiger partial charge is 0.295 e. The lowest BCUT2D eigenvalue weighted by molar-refractivity contribution is 0.481. The van der Waals surface area contributed by atoms with Gasteiger partial charge in [0.2, 0.25) is 0 Å². The van der Waals surface area contributed by atoms with Gasteiger partial charge in [-0.2, -0.15) is 16.8 Å². The van der Waals surface area contributed by atoms with Crippen LogP contribution < -0.4 is 0 Å². The van der Waals surface area contributed by atoms with Crippen LogP contribution in [0.4, 0.5) is 0 Å². The van der Waals surface area contributed by atoms with Crippen LogP contribution in [-0.4, -0.2) is 25.9 Å². The van der Waals surface area contributed by atoms with E-state index in [0.717, 1.165) is 12.1 Å². The summed E-state index contributed by atoms with van der Waals surface area (Å²) in [5.74, 6) is 0. The first-order chi connectivity index (χ1) is 10.2. The van der Waals surface area contributed by atoms with Gasteiger partial charge in [-0.3, -0.25) is 9.11 Å². The van der Waals surface area contributed by atoms with Gasteiger partial charge < -0.3 is 0 Å². The third kappa shape index (κ3) is 4.77. The van der Waals surface area contributed by atoms with Crippen LogP contribution >= 0.6 is 0 Å². The van der Waals surface area contributed by atoms with Crippen molar-refractivity contribution in [2.24, 2.45) is 0 Å². The molecule has 0 radical (unpaired) electrons. The molecule has 2 aromatic rings. The molecule has 2 N–H and O–H groups in total. The third-order valence-electron chi connectivity index (χ3n) is 2.40. The number of hydrogen-bond acceptors (Lipinski definition) is 4. The van der Waals surface area contributed by atoms with Gasteiger partial charge in [0.05, 0.1) is 0 Å². The van der Waals surface area contributed by atoms with E-state index in [-0.39, 0.29) is 10.8 Å². The molecule has 0 aliphatic rings. The number of hydrogen-bond donors (Lipinski definition) is 2. The van der Waals surface area contributed by atoms with E-state index >= 15 is 0 Å². The van der Waals surface area contributed by atoms with E-state index in [1.165, 1.54) is 24.3 Å². The molecule has 0 amide bonds. The number of benzene rings is 2. The van der Waals surface area contributed by atoms with Crippen LogP contribution in [0.25, 0.3) is 10.8 Å². The highest BCUT2D eigenvalue weighted by atomic mass is 32.2. The van der Waals surface area contributed by atoms with Crippen LogP contribution in [0.2, 0.25) is 0 Å². The lowest BCUT2D eigenvalue weighted by atomic mass is 10.1. The van der Waals surface area contributed by atoms with E-state index < -0.39 is 30.0 Å². The molecule has 0 fully saturated rings. The van der Waals surface area contributed by atoms with Crippen molar-refractivity contribution in [3.63, 3.8) is 0 Å². The van der Waals surface area contributed by atoms with Gasteiger partial charge in [-0.15, -0.1) is 0 Å². The summed E-state index contributed by atoms with van der Waals surface area (Å²) in [7, 11) is -8.94. The fourth-order valence-electron chi connectivity index (χ4n) is 1.70. The Morgan fingerprint density at radius 1 is 0.636 bits per heavy atom. The Morgan fingerprint density at radius 3 is 1.14 bits per heavy atom. The molecular weight excluding hydrogens is 328 g/mol. The summed E-state index contributed by atoms with van der Waals surface area (Å²) in [4.78, 5) is -0.823.